The standard InChI is InChI=1S/C21H45O4P/c1-4-5-6-7-8-9-10-11-12-13-14-15-16-17-18-24-19-20-25-26(22,23)21(2)3/h21H,4-20H2,1-3H3,(H,22,23). The van der Waals surface area contributed by atoms with E-state index in [0.717, 1.165) is 13.0 Å². The van der Waals surface area contributed by atoms with E-state index in [2.05, 4.69) is 6.92 Å². The third-order valence-electron chi connectivity index (χ3n) is 4.80. The minimum Gasteiger partial charge on any atom is -0.379 e. The summed E-state index contributed by atoms with van der Waals surface area (Å²) < 4.78 is 22.0. The van der Waals surface area contributed by atoms with Crippen LogP contribution in [0.2, 0.25) is 0 Å². The normalized spacial score (nSPS) is 14.0. The molecular formula is C21H45O4P. The summed E-state index contributed by atoms with van der Waals surface area (Å²) in [5.74, 6) is 0. The highest BCUT2D eigenvalue weighted by Crippen LogP contribution is 2.46. The van der Waals surface area contributed by atoms with Crippen molar-refractivity contribution in [1.29, 1.82) is 0 Å². The monoisotopic (exact) mass is 392 g/mol. The molecule has 0 aromatic rings. The van der Waals surface area contributed by atoms with Crippen molar-refractivity contribution < 1.29 is 18.7 Å². The van der Waals surface area contributed by atoms with Crippen LogP contribution in [0.3, 0.4) is 0 Å². The first-order valence-corrected chi connectivity index (χ1v) is 12.7. The first-order chi connectivity index (χ1) is 12.5. The molecule has 0 saturated heterocycles. The molecule has 1 atom stereocenters. The Hall–Kier alpha value is 0.110. The van der Waals surface area contributed by atoms with Crippen molar-refractivity contribution in [2.45, 2.75) is 116 Å². The van der Waals surface area contributed by atoms with Gasteiger partial charge in [0.05, 0.1) is 18.9 Å². The van der Waals surface area contributed by atoms with Crippen molar-refractivity contribution in [3.63, 3.8) is 0 Å². The van der Waals surface area contributed by atoms with E-state index < -0.39 is 7.60 Å². The molecule has 0 saturated carbocycles. The summed E-state index contributed by atoms with van der Waals surface area (Å²) >= 11 is 0. The third kappa shape index (κ3) is 17.5. The van der Waals surface area contributed by atoms with Gasteiger partial charge in [-0.3, -0.25) is 4.57 Å². The fraction of sp³-hybridized carbons (Fsp3) is 1.00. The molecule has 0 rings (SSSR count). The molecule has 0 aromatic heterocycles. The maximum absolute atomic E-state index is 11.6. The molecule has 0 bridgehead atoms. The van der Waals surface area contributed by atoms with Crippen molar-refractivity contribution in [3.05, 3.63) is 0 Å². The van der Waals surface area contributed by atoms with Crippen LogP contribution in [0, 0.1) is 0 Å². The molecule has 0 aliphatic rings. The highest BCUT2D eigenvalue weighted by atomic mass is 31.2. The van der Waals surface area contributed by atoms with Gasteiger partial charge in [-0.15, -0.1) is 0 Å². The van der Waals surface area contributed by atoms with Crippen LogP contribution in [-0.4, -0.2) is 30.4 Å². The Balaban J connectivity index is 3.13. The molecule has 0 aliphatic heterocycles. The van der Waals surface area contributed by atoms with Crippen LogP contribution in [0.4, 0.5) is 0 Å². The minimum atomic E-state index is -3.44. The molecule has 5 heteroatoms. The molecule has 26 heavy (non-hydrogen) atoms. The van der Waals surface area contributed by atoms with Crippen LogP contribution in [0.5, 0.6) is 0 Å². The third-order valence-corrected chi connectivity index (χ3v) is 6.66. The molecule has 0 heterocycles. The van der Waals surface area contributed by atoms with Gasteiger partial charge in [-0.2, -0.15) is 0 Å². The Kier molecular flexibility index (Phi) is 18.6. The van der Waals surface area contributed by atoms with Crippen molar-refractivity contribution in [2.75, 3.05) is 19.8 Å². The number of hydrogen-bond donors (Lipinski definition) is 1. The Morgan fingerprint density at radius 3 is 1.54 bits per heavy atom. The van der Waals surface area contributed by atoms with Crippen LogP contribution in [-0.2, 0) is 13.8 Å². The highest BCUT2D eigenvalue weighted by Gasteiger charge is 2.23. The lowest BCUT2D eigenvalue weighted by atomic mass is 10.0. The topological polar surface area (TPSA) is 55.8 Å². The van der Waals surface area contributed by atoms with Crippen molar-refractivity contribution >= 4 is 7.60 Å². The molecule has 4 nitrogen and oxygen atoms in total. The zero-order valence-electron chi connectivity index (χ0n) is 17.7. The van der Waals surface area contributed by atoms with E-state index in [1.165, 1.54) is 83.5 Å². The Morgan fingerprint density at radius 2 is 1.12 bits per heavy atom. The van der Waals surface area contributed by atoms with Gasteiger partial charge in [-0.05, 0) is 6.42 Å². The predicted octanol–water partition coefficient (Wildman–Crippen LogP) is 7.09. The van der Waals surface area contributed by atoms with E-state index >= 15 is 0 Å². The Bertz CT molecular complexity index is 334. The maximum atomic E-state index is 11.6. The van der Waals surface area contributed by atoms with Gasteiger partial charge in [0.25, 0.3) is 0 Å². The Morgan fingerprint density at radius 1 is 0.692 bits per heavy atom. The summed E-state index contributed by atoms with van der Waals surface area (Å²) in [5.41, 5.74) is -0.353. The number of ether oxygens (including phenoxy) is 1. The Labute approximate surface area is 163 Å². The number of unbranched alkanes of at least 4 members (excludes halogenated alkanes) is 13. The molecule has 0 amide bonds. The lowest BCUT2D eigenvalue weighted by molar-refractivity contribution is 0.0918. The molecule has 0 aromatic carbocycles. The van der Waals surface area contributed by atoms with Gasteiger partial charge < -0.3 is 14.2 Å². The van der Waals surface area contributed by atoms with Gasteiger partial charge >= 0.3 is 7.60 Å². The molecule has 1 N–H and O–H groups in total. The van der Waals surface area contributed by atoms with Crippen LogP contribution in [0.1, 0.15) is 111 Å². The zero-order valence-corrected chi connectivity index (χ0v) is 18.6. The minimum absolute atomic E-state index is 0.199. The fourth-order valence-corrected chi connectivity index (χ4v) is 3.51. The van der Waals surface area contributed by atoms with Crippen molar-refractivity contribution in [1.82, 2.24) is 0 Å². The lowest BCUT2D eigenvalue weighted by Crippen LogP contribution is -2.08. The maximum Gasteiger partial charge on any atom is 0.330 e. The zero-order chi connectivity index (χ0) is 19.5. The average Bonchev–Trinajstić information content (AvgIpc) is 2.60. The van der Waals surface area contributed by atoms with E-state index in [4.69, 9.17) is 9.26 Å². The van der Waals surface area contributed by atoms with Crippen molar-refractivity contribution in [2.24, 2.45) is 0 Å². The van der Waals surface area contributed by atoms with Gasteiger partial charge in [0.2, 0.25) is 0 Å². The largest absolute Gasteiger partial charge is 0.379 e. The van der Waals surface area contributed by atoms with E-state index in [1.807, 2.05) is 0 Å². The van der Waals surface area contributed by atoms with Gasteiger partial charge in [-0.25, -0.2) is 0 Å². The SMILES string of the molecule is CCCCCCCCCCCCCCCCOCCOP(=O)(O)C(C)C. The lowest BCUT2D eigenvalue weighted by Gasteiger charge is -2.15. The summed E-state index contributed by atoms with van der Waals surface area (Å²) in [4.78, 5) is 9.50. The fourth-order valence-electron chi connectivity index (χ4n) is 2.88. The molecule has 0 radical (unpaired) electrons. The average molecular weight is 393 g/mol. The van der Waals surface area contributed by atoms with Gasteiger partial charge in [0.1, 0.15) is 0 Å². The summed E-state index contributed by atoms with van der Waals surface area (Å²) in [6, 6.07) is 0. The van der Waals surface area contributed by atoms with E-state index in [-0.39, 0.29) is 12.3 Å². The second-order valence-electron chi connectivity index (χ2n) is 7.70. The van der Waals surface area contributed by atoms with Crippen LogP contribution >= 0.6 is 7.60 Å². The highest BCUT2D eigenvalue weighted by molar-refractivity contribution is 7.53. The van der Waals surface area contributed by atoms with E-state index in [0.29, 0.717) is 6.61 Å². The molecule has 0 aliphatic carbocycles. The van der Waals surface area contributed by atoms with Crippen molar-refractivity contribution in [3.8, 4) is 0 Å². The summed E-state index contributed by atoms with van der Waals surface area (Å²) in [6.45, 7) is 6.97. The quantitative estimate of drug-likeness (QED) is 0.177. The summed E-state index contributed by atoms with van der Waals surface area (Å²) in [5, 5.41) is 0. The molecular weight excluding hydrogens is 347 g/mol. The second kappa shape index (κ2) is 18.5. The smallest absolute Gasteiger partial charge is 0.330 e. The van der Waals surface area contributed by atoms with E-state index in [9.17, 15) is 9.46 Å². The van der Waals surface area contributed by atoms with Gasteiger partial charge in [0, 0.05) is 6.61 Å². The van der Waals surface area contributed by atoms with Gasteiger partial charge in [-0.1, -0.05) is 104 Å². The van der Waals surface area contributed by atoms with Gasteiger partial charge in [0.15, 0.2) is 0 Å². The summed E-state index contributed by atoms with van der Waals surface area (Å²) in [7, 11) is -3.44. The summed E-state index contributed by atoms with van der Waals surface area (Å²) in [6.07, 6.45) is 18.9. The first-order valence-electron chi connectivity index (χ1n) is 11.1. The van der Waals surface area contributed by atoms with E-state index in [1.54, 1.807) is 13.8 Å². The number of hydrogen-bond acceptors (Lipinski definition) is 3. The molecule has 0 spiro atoms. The van der Waals surface area contributed by atoms with Crippen LogP contribution in [0.25, 0.3) is 0 Å². The first kappa shape index (κ1) is 26.1. The molecule has 0 fully saturated rings. The van der Waals surface area contributed by atoms with Crippen LogP contribution in [0.15, 0.2) is 0 Å². The van der Waals surface area contributed by atoms with Crippen LogP contribution < -0.4 is 0 Å². The molecule has 158 valence electrons. The second-order valence-corrected chi connectivity index (χ2v) is 10.1. The number of rotatable bonds is 20. The predicted molar refractivity (Wildman–Crippen MR) is 112 cm³/mol. The molecule has 1 unspecified atom stereocenters.